The van der Waals surface area contributed by atoms with Crippen molar-refractivity contribution in [2.75, 3.05) is 7.11 Å². The number of alkyl halides is 1. The lowest BCUT2D eigenvalue weighted by atomic mass is 10.0. The highest BCUT2D eigenvalue weighted by atomic mass is 79.9. The van der Waals surface area contributed by atoms with Crippen molar-refractivity contribution in [1.29, 1.82) is 0 Å². The molecule has 15 heavy (non-hydrogen) atoms. The molecule has 0 aliphatic carbocycles. The molecule has 3 nitrogen and oxygen atoms in total. The van der Waals surface area contributed by atoms with E-state index in [-0.39, 0.29) is 6.42 Å². The van der Waals surface area contributed by atoms with Crippen molar-refractivity contribution < 1.29 is 14.6 Å². The zero-order chi connectivity index (χ0) is 11.4. The van der Waals surface area contributed by atoms with Crippen molar-refractivity contribution in [2.24, 2.45) is 0 Å². The van der Waals surface area contributed by atoms with Gasteiger partial charge in [0.2, 0.25) is 0 Å². The van der Waals surface area contributed by atoms with E-state index in [1.807, 2.05) is 0 Å². The van der Waals surface area contributed by atoms with Gasteiger partial charge in [0.25, 0.3) is 0 Å². The van der Waals surface area contributed by atoms with Gasteiger partial charge in [-0.3, -0.25) is 4.79 Å². The molecule has 1 N–H and O–H groups in total. The topological polar surface area (TPSA) is 46.5 Å². The molecule has 5 heteroatoms. The van der Waals surface area contributed by atoms with Crippen LogP contribution < -0.4 is 4.74 Å². The fourth-order valence-electron chi connectivity index (χ4n) is 1.33. The molecule has 0 amide bonds. The maximum atomic E-state index is 10.7. The molecular formula is C10H10BrClO3. The predicted molar refractivity (Wildman–Crippen MR) is 62.0 cm³/mol. The Balaban J connectivity index is 3.26. The Kier molecular flexibility index (Phi) is 4.42. The van der Waals surface area contributed by atoms with Crippen molar-refractivity contribution in [3.63, 3.8) is 0 Å². The first-order valence-corrected chi connectivity index (χ1v) is 5.72. The van der Waals surface area contributed by atoms with Gasteiger partial charge in [0.05, 0.1) is 18.6 Å². The van der Waals surface area contributed by atoms with Gasteiger partial charge in [-0.25, -0.2) is 0 Å². The van der Waals surface area contributed by atoms with Crippen LogP contribution in [0.1, 0.15) is 11.1 Å². The smallest absolute Gasteiger partial charge is 0.307 e. The summed E-state index contributed by atoms with van der Waals surface area (Å²) in [5, 5.41) is 9.79. The third-order valence-electron chi connectivity index (χ3n) is 1.99. The van der Waals surface area contributed by atoms with E-state index < -0.39 is 5.97 Å². The lowest BCUT2D eigenvalue weighted by Crippen LogP contribution is -2.05. The fourth-order valence-corrected chi connectivity index (χ4v) is 2.11. The second-order valence-electron chi connectivity index (χ2n) is 2.92. The Morgan fingerprint density at radius 1 is 1.60 bits per heavy atom. The fraction of sp³-hybridized carbons (Fsp3) is 0.300. The number of ether oxygens (including phenoxy) is 1. The number of halogens is 2. The number of carboxylic acids is 1. The molecule has 0 atom stereocenters. The molecule has 1 rings (SSSR count). The van der Waals surface area contributed by atoms with E-state index in [9.17, 15) is 4.79 Å². The van der Waals surface area contributed by atoms with E-state index in [0.717, 1.165) is 5.56 Å². The van der Waals surface area contributed by atoms with E-state index in [2.05, 4.69) is 15.9 Å². The Morgan fingerprint density at radius 2 is 2.27 bits per heavy atom. The summed E-state index contributed by atoms with van der Waals surface area (Å²) in [5.41, 5.74) is 1.49. The average Bonchev–Trinajstić information content (AvgIpc) is 2.18. The molecule has 0 aliphatic heterocycles. The van der Waals surface area contributed by atoms with E-state index in [0.29, 0.717) is 21.7 Å². The Bertz CT molecular complexity index is 379. The molecule has 0 spiro atoms. The van der Waals surface area contributed by atoms with Crippen molar-refractivity contribution in [3.8, 4) is 5.75 Å². The van der Waals surface area contributed by atoms with Crippen LogP contribution in [0.4, 0.5) is 0 Å². The monoisotopic (exact) mass is 292 g/mol. The molecule has 0 aromatic heterocycles. The molecule has 1 aromatic carbocycles. The quantitative estimate of drug-likeness (QED) is 0.868. The molecule has 0 aliphatic rings. The summed E-state index contributed by atoms with van der Waals surface area (Å²) in [5.74, 6) is -0.464. The van der Waals surface area contributed by atoms with Gasteiger partial charge in [-0.15, -0.1) is 0 Å². The molecule has 0 fully saturated rings. The predicted octanol–water partition coefficient (Wildman–Crippen LogP) is 2.87. The number of carboxylic acid groups (broad SMARTS) is 1. The first-order chi connectivity index (χ1) is 7.10. The van der Waals surface area contributed by atoms with Crippen molar-refractivity contribution in [1.82, 2.24) is 0 Å². The highest BCUT2D eigenvalue weighted by Crippen LogP contribution is 2.32. The second kappa shape index (κ2) is 5.37. The number of benzene rings is 1. The maximum absolute atomic E-state index is 10.7. The summed E-state index contributed by atoms with van der Waals surface area (Å²) in [6.07, 6.45) is -0.0926. The lowest BCUT2D eigenvalue weighted by Gasteiger charge is -2.12. The number of methoxy groups -OCH3 is 1. The summed E-state index contributed by atoms with van der Waals surface area (Å²) < 4.78 is 5.10. The number of hydrogen-bond donors (Lipinski definition) is 1. The first-order valence-electron chi connectivity index (χ1n) is 4.22. The SMILES string of the molecule is COc1c(Cl)ccc(CBr)c1CC(=O)O. The highest BCUT2D eigenvalue weighted by Gasteiger charge is 2.15. The van der Waals surface area contributed by atoms with E-state index in [1.54, 1.807) is 12.1 Å². The van der Waals surface area contributed by atoms with Crippen molar-refractivity contribution >= 4 is 33.5 Å². The number of carbonyl (C=O) groups is 1. The molecule has 1 aromatic rings. The highest BCUT2D eigenvalue weighted by molar-refractivity contribution is 9.08. The van der Waals surface area contributed by atoms with Crippen LogP contribution in [0.5, 0.6) is 5.75 Å². The van der Waals surface area contributed by atoms with Crippen LogP contribution in [0.25, 0.3) is 0 Å². The summed E-state index contributed by atoms with van der Waals surface area (Å²) in [4.78, 5) is 10.7. The normalized spacial score (nSPS) is 10.1. The van der Waals surface area contributed by atoms with Crippen LogP contribution in [0.2, 0.25) is 5.02 Å². The number of hydrogen-bond acceptors (Lipinski definition) is 2. The van der Waals surface area contributed by atoms with E-state index >= 15 is 0 Å². The summed E-state index contributed by atoms with van der Waals surface area (Å²) in [6.45, 7) is 0. The van der Waals surface area contributed by atoms with Gasteiger partial charge >= 0.3 is 5.97 Å². The second-order valence-corrected chi connectivity index (χ2v) is 3.89. The van der Waals surface area contributed by atoms with Gasteiger partial charge in [-0.05, 0) is 11.6 Å². The molecule has 0 radical (unpaired) electrons. The average molecular weight is 294 g/mol. The third-order valence-corrected chi connectivity index (χ3v) is 2.89. The van der Waals surface area contributed by atoms with Crippen molar-refractivity contribution in [2.45, 2.75) is 11.8 Å². The van der Waals surface area contributed by atoms with Crippen LogP contribution in [0, 0.1) is 0 Å². The summed E-state index contributed by atoms with van der Waals surface area (Å²) in [6, 6.07) is 3.49. The molecule has 0 heterocycles. The summed E-state index contributed by atoms with van der Waals surface area (Å²) >= 11 is 9.20. The Labute approximate surface area is 101 Å². The minimum Gasteiger partial charge on any atom is -0.495 e. The van der Waals surface area contributed by atoms with Crippen LogP contribution in [-0.4, -0.2) is 18.2 Å². The third kappa shape index (κ3) is 2.86. The minimum atomic E-state index is -0.905. The van der Waals surface area contributed by atoms with Gasteiger partial charge in [0, 0.05) is 10.9 Å². The maximum Gasteiger partial charge on any atom is 0.307 e. The first kappa shape index (κ1) is 12.3. The van der Waals surface area contributed by atoms with Gasteiger partial charge < -0.3 is 9.84 Å². The van der Waals surface area contributed by atoms with Gasteiger partial charge in [-0.1, -0.05) is 33.6 Å². The number of aliphatic carboxylic acids is 1. The largest absolute Gasteiger partial charge is 0.495 e. The van der Waals surface area contributed by atoms with Gasteiger partial charge in [0.1, 0.15) is 5.75 Å². The zero-order valence-corrected chi connectivity index (χ0v) is 10.4. The minimum absolute atomic E-state index is 0.0926. The zero-order valence-electron chi connectivity index (χ0n) is 8.09. The molecule has 0 bridgehead atoms. The molecule has 0 saturated heterocycles. The van der Waals surface area contributed by atoms with Crippen LogP contribution in [0.15, 0.2) is 12.1 Å². The number of rotatable bonds is 4. The van der Waals surface area contributed by atoms with Crippen LogP contribution in [-0.2, 0) is 16.5 Å². The van der Waals surface area contributed by atoms with E-state index in [1.165, 1.54) is 7.11 Å². The van der Waals surface area contributed by atoms with Crippen LogP contribution >= 0.6 is 27.5 Å². The van der Waals surface area contributed by atoms with Crippen LogP contribution in [0.3, 0.4) is 0 Å². The molecular weight excluding hydrogens is 283 g/mol. The summed E-state index contributed by atoms with van der Waals surface area (Å²) in [7, 11) is 1.48. The Hall–Kier alpha value is -0.740. The molecule has 0 unspecified atom stereocenters. The lowest BCUT2D eigenvalue weighted by molar-refractivity contribution is -0.136. The standard InChI is InChI=1S/C10H10BrClO3/c1-15-10-7(4-9(13)14)6(5-11)2-3-8(10)12/h2-3H,4-5H2,1H3,(H,13,14). The Morgan fingerprint density at radius 3 is 2.73 bits per heavy atom. The van der Waals surface area contributed by atoms with E-state index in [4.69, 9.17) is 21.4 Å². The van der Waals surface area contributed by atoms with Gasteiger partial charge in [0.15, 0.2) is 0 Å². The van der Waals surface area contributed by atoms with Crippen molar-refractivity contribution in [3.05, 3.63) is 28.3 Å². The van der Waals surface area contributed by atoms with Gasteiger partial charge in [-0.2, -0.15) is 0 Å². The molecule has 82 valence electrons. The molecule has 0 saturated carbocycles.